The molecule has 0 atom stereocenters. The number of para-hydroxylation sites is 2. The molecule has 2 N–H and O–H groups in total. The van der Waals surface area contributed by atoms with E-state index >= 15 is 0 Å². The third-order valence-corrected chi connectivity index (χ3v) is 8.16. The Hall–Kier alpha value is -5.34. The van der Waals surface area contributed by atoms with E-state index in [9.17, 15) is 0 Å². The molecule has 0 aromatic heterocycles. The van der Waals surface area contributed by atoms with Crippen molar-refractivity contribution in [2.75, 3.05) is 17.3 Å². The van der Waals surface area contributed by atoms with Crippen LogP contribution in [0.3, 0.4) is 0 Å². The maximum atomic E-state index is 3.19. The van der Waals surface area contributed by atoms with Crippen molar-refractivity contribution in [1.29, 1.82) is 0 Å². The molecular formula is C40H32N2. The quantitative estimate of drug-likeness (QED) is 0.233. The standard InChI is InChI=1S/C33H24.C7H8N2/c1-23-32-10-6-5-9-26(32)19-20-33(23)27-13-11-25(12-14-27)29-16-18-30-21-28(15-17-31(30)22-29)24-7-3-2-4-8-24;1-2-4-7-6(3-1)8-5-9-7/h2-22H,1H3;1-4,8-9H,5H2. The fourth-order valence-corrected chi connectivity index (χ4v) is 5.84. The van der Waals surface area contributed by atoms with Gasteiger partial charge in [0.05, 0.1) is 18.0 Å². The van der Waals surface area contributed by atoms with Crippen molar-refractivity contribution in [3.05, 3.63) is 157 Å². The predicted octanol–water partition coefficient (Wildman–Crippen LogP) is 10.8. The first kappa shape index (κ1) is 25.6. The Balaban J connectivity index is 0.000000272. The monoisotopic (exact) mass is 540 g/mol. The summed E-state index contributed by atoms with van der Waals surface area (Å²) in [5.41, 5.74) is 11.3. The van der Waals surface area contributed by atoms with Gasteiger partial charge in [-0.3, -0.25) is 0 Å². The summed E-state index contributed by atoms with van der Waals surface area (Å²) in [6.45, 7) is 3.08. The van der Waals surface area contributed by atoms with Crippen LogP contribution in [0.15, 0.2) is 152 Å². The van der Waals surface area contributed by atoms with Gasteiger partial charge in [-0.05, 0) is 91.7 Å². The second-order valence-electron chi connectivity index (χ2n) is 10.8. The number of hydrogen-bond donors (Lipinski definition) is 2. The van der Waals surface area contributed by atoms with Crippen LogP contribution in [0.25, 0.3) is 54.9 Å². The number of benzene rings is 7. The molecule has 202 valence electrons. The molecule has 7 aromatic rings. The maximum absolute atomic E-state index is 3.19. The molecule has 0 saturated heterocycles. The zero-order chi connectivity index (χ0) is 28.3. The van der Waals surface area contributed by atoms with E-state index in [4.69, 9.17) is 0 Å². The fourth-order valence-electron chi connectivity index (χ4n) is 5.84. The molecule has 0 saturated carbocycles. The van der Waals surface area contributed by atoms with Gasteiger partial charge in [-0.1, -0.05) is 127 Å². The highest BCUT2D eigenvalue weighted by Crippen LogP contribution is 2.33. The van der Waals surface area contributed by atoms with Gasteiger partial charge < -0.3 is 10.6 Å². The summed E-state index contributed by atoms with van der Waals surface area (Å²) in [7, 11) is 0. The third-order valence-electron chi connectivity index (χ3n) is 8.16. The van der Waals surface area contributed by atoms with Crippen LogP contribution < -0.4 is 10.6 Å². The van der Waals surface area contributed by atoms with E-state index in [0.717, 1.165) is 6.67 Å². The van der Waals surface area contributed by atoms with Gasteiger partial charge in [0.1, 0.15) is 0 Å². The second-order valence-corrected chi connectivity index (χ2v) is 10.8. The van der Waals surface area contributed by atoms with Crippen LogP contribution in [0.5, 0.6) is 0 Å². The van der Waals surface area contributed by atoms with E-state index in [2.05, 4.69) is 157 Å². The smallest absolute Gasteiger partial charge is 0.0850 e. The third kappa shape index (κ3) is 5.11. The number of anilines is 2. The van der Waals surface area contributed by atoms with Crippen molar-refractivity contribution < 1.29 is 0 Å². The molecular weight excluding hydrogens is 508 g/mol. The highest BCUT2D eigenvalue weighted by atomic mass is 15.1. The molecule has 2 heteroatoms. The number of aryl methyl sites for hydroxylation is 1. The van der Waals surface area contributed by atoms with Crippen LogP contribution in [0, 0.1) is 6.92 Å². The van der Waals surface area contributed by atoms with Crippen molar-refractivity contribution in [3.8, 4) is 33.4 Å². The summed E-state index contributed by atoms with van der Waals surface area (Å²) in [6, 6.07) is 54.3. The molecule has 0 amide bonds. The summed E-state index contributed by atoms with van der Waals surface area (Å²) >= 11 is 0. The average molecular weight is 541 g/mol. The van der Waals surface area contributed by atoms with Crippen LogP contribution in [0.2, 0.25) is 0 Å². The molecule has 8 rings (SSSR count). The van der Waals surface area contributed by atoms with Gasteiger partial charge in [0, 0.05) is 0 Å². The zero-order valence-electron chi connectivity index (χ0n) is 23.6. The van der Waals surface area contributed by atoms with Crippen molar-refractivity contribution in [2.24, 2.45) is 0 Å². The van der Waals surface area contributed by atoms with Gasteiger partial charge in [-0.25, -0.2) is 0 Å². The van der Waals surface area contributed by atoms with Crippen LogP contribution >= 0.6 is 0 Å². The van der Waals surface area contributed by atoms with Crippen LogP contribution in [-0.2, 0) is 0 Å². The van der Waals surface area contributed by atoms with Crippen molar-refractivity contribution >= 4 is 32.9 Å². The molecule has 2 nitrogen and oxygen atoms in total. The van der Waals surface area contributed by atoms with Crippen molar-refractivity contribution in [2.45, 2.75) is 6.92 Å². The van der Waals surface area contributed by atoms with Gasteiger partial charge >= 0.3 is 0 Å². The van der Waals surface area contributed by atoms with Crippen molar-refractivity contribution in [1.82, 2.24) is 0 Å². The molecule has 0 spiro atoms. The first-order valence-corrected chi connectivity index (χ1v) is 14.5. The minimum atomic E-state index is 0.860. The highest BCUT2D eigenvalue weighted by molar-refractivity contribution is 5.93. The van der Waals surface area contributed by atoms with Gasteiger partial charge in [-0.2, -0.15) is 0 Å². The number of hydrogen-bond acceptors (Lipinski definition) is 2. The molecule has 7 aromatic carbocycles. The topological polar surface area (TPSA) is 24.1 Å². The Morgan fingerprint density at radius 1 is 0.405 bits per heavy atom. The van der Waals surface area contributed by atoms with E-state index in [1.807, 2.05) is 12.1 Å². The molecule has 42 heavy (non-hydrogen) atoms. The Labute approximate surface area is 247 Å². The number of nitrogens with one attached hydrogen (secondary N) is 2. The molecule has 0 bridgehead atoms. The largest absolute Gasteiger partial charge is 0.366 e. The molecule has 0 fully saturated rings. The van der Waals surface area contributed by atoms with Gasteiger partial charge in [0.15, 0.2) is 0 Å². The van der Waals surface area contributed by atoms with E-state index in [-0.39, 0.29) is 0 Å². The van der Waals surface area contributed by atoms with Gasteiger partial charge in [0.25, 0.3) is 0 Å². The van der Waals surface area contributed by atoms with Crippen LogP contribution in [0.1, 0.15) is 5.56 Å². The minimum Gasteiger partial charge on any atom is -0.366 e. The lowest BCUT2D eigenvalue weighted by molar-refractivity contribution is 1.31. The summed E-state index contributed by atoms with van der Waals surface area (Å²) in [5, 5.41) is 11.5. The van der Waals surface area contributed by atoms with Crippen LogP contribution in [-0.4, -0.2) is 6.67 Å². The average Bonchev–Trinajstić information content (AvgIpc) is 3.55. The first-order valence-electron chi connectivity index (χ1n) is 14.5. The van der Waals surface area contributed by atoms with Gasteiger partial charge in [-0.15, -0.1) is 0 Å². The lowest BCUT2D eigenvalue weighted by Crippen LogP contribution is -1.98. The lowest BCUT2D eigenvalue weighted by Gasteiger charge is -2.11. The lowest BCUT2D eigenvalue weighted by atomic mass is 9.93. The zero-order valence-corrected chi connectivity index (χ0v) is 23.6. The number of rotatable bonds is 3. The molecule has 0 unspecified atom stereocenters. The molecule has 1 aliphatic heterocycles. The Morgan fingerprint density at radius 2 is 0.905 bits per heavy atom. The van der Waals surface area contributed by atoms with Crippen molar-refractivity contribution in [3.63, 3.8) is 0 Å². The highest BCUT2D eigenvalue weighted by Gasteiger charge is 2.08. The van der Waals surface area contributed by atoms with E-state index < -0.39 is 0 Å². The van der Waals surface area contributed by atoms with Crippen LogP contribution in [0.4, 0.5) is 11.4 Å². The fraction of sp³-hybridized carbons (Fsp3) is 0.0500. The molecule has 1 aliphatic rings. The SMILES string of the molecule is Cc1c(-c2ccc(-c3ccc4cc(-c5ccccc5)ccc4c3)cc2)ccc2ccccc12.c1ccc2c(c1)NCN2. The predicted molar refractivity (Wildman–Crippen MR) is 181 cm³/mol. The second kappa shape index (κ2) is 11.3. The molecule has 0 radical (unpaired) electrons. The molecule has 1 heterocycles. The Bertz CT molecular complexity index is 1980. The van der Waals surface area contributed by atoms with E-state index in [0.29, 0.717) is 0 Å². The first-order chi connectivity index (χ1) is 20.7. The van der Waals surface area contributed by atoms with Gasteiger partial charge in [0.2, 0.25) is 0 Å². The summed E-state index contributed by atoms with van der Waals surface area (Å²) in [5.74, 6) is 0. The van der Waals surface area contributed by atoms with E-state index in [1.54, 1.807) is 0 Å². The number of fused-ring (bicyclic) bond motifs is 3. The maximum Gasteiger partial charge on any atom is 0.0850 e. The normalized spacial score (nSPS) is 11.7. The minimum absolute atomic E-state index is 0.860. The summed E-state index contributed by atoms with van der Waals surface area (Å²) < 4.78 is 0. The van der Waals surface area contributed by atoms with E-state index in [1.165, 1.54) is 71.9 Å². The Kier molecular flexibility index (Phi) is 6.87. The summed E-state index contributed by atoms with van der Waals surface area (Å²) in [6.07, 6.45) is 0. The molecule has 0 aliphatic carbocycles. The summed E-state index contributed by atoms with van der Waals surface area (Å²) in [4.78, 5) is 0. The Morgan fingerprint density at radius 3 is 1.57 bits per heavy atom.